The number of aromatic nitrogens is 2. The molecule has 1 aromatic rings. The van der Waals surface area contributed by atoms with E-state index >= 15 is 0 Å². The standard InChI is InChI=1S/C18H32N4O4S/c1-17(2,3)16(23)26-13(11-19-18(4,5)6)12-25-15-14(20-27-21-15)22-7-9-24-10-8-22/h13,19H,7-12H2,1-6H3. The summed E-state index contributed by atoms with van der Waals surface area (Å²) in [6, 6.07) is 0. The minimum absolute atomic E-state index is 0.0897. The van der Waals surface area contributed by atoms with Crippen LogP contribution in [-0.4, -0.2) is 65.8 Å². The summed E-state index contributed by atoms with van der Waals surface area (Å²) in [5.41, 5.74) is -0.658. The van der Waals surface area contributed by atoms with Gasteiger partial charge in [0.05, 0.1) is 30.4 Å². The van der Waals surface area contributed by atoms with Crippen molar-refractivity contribution in [2.75, 3.05) is 44.4 Å². The van der Waals surface area contributed by atoms with Crippen LogP contribution in [0.5, 0.6) is 5.88 Å². The lowest BCUT2D eigenvalue weighted by Gasteiger charge is -2.28. The van der Waals surface area contributed by atoms with E-state index in [0.29, 0.717) is 25.6 Å². The number of esters is 1. The highest BCUT2D eigenvalue weighted by molar-refractivity contribution is 6.99. The minimum atomic E-state index is -0.568. The number of hydrogen-bond donors (Lipinski definition) is 1. The first-order valence-electron chi connectivity index (χ1n) is 9.30. The van der Waals surface area contributed by atoms with E-state index in [1.54, 1.807) is 0 Å². The summed E-state index contributed by atoms with van der Waals surface area (Å²) in [4.78, 5) is 14.4. The topological polar surface area (TPSA) is 85.8 Å². The predicted octanol–water partition coefficient (Wildman–Crippen LogP) is 2.10. The van der Waals surface area contributed by atoms with Crippen molar-refractivity contribution >= 4 is 23.5 Å². The summed E-state index contributed by atoms with van der Waals surface area (Å²) in [5, 5.41) is 3.37. The molecule has 1 fully saturated rings. The van der Waals surface area contributed by atoms with Crippen LogP contribution in [0.15, 0.2) is 0 Å². The van der Waals surface area contributed by atoms with Crippen LogP contribution >= 0.6 is 11.7 Å². The van der Waals surface area contributed by atoms with E-state index in [9.17, 15) is 4.79 Å². The van der Waals surface area contributed by atoms with Crippen LogP contribution in [0.4, 0.5) is 5.82 Å². The molecule has 2 heterocycles. The summed E-state index contributed by atoms with van der Waals surface area (Å²) in [5.74, 6) is 0.957. The number of ether oxygens (including phenoxy) is 3. The highest BCUT2D eigenvalue weighted by Crippen LogP contribution is 2.26. The fraction of sp³-hybridized carbons (Fsp3) is 0.833. The normalized spacial score (nSPS) is 16.9. The molecule has 0 radical (unpaired) electrons. The van der Waals surface area contributed by atoms with Gasteiger partial charge in [0.15, 0.2) is 0 Å². The SMILES string of the molecule is CC(C)(C)NCC(COc1nsnc1N1CCOCC1)OC(=O)C(C)(C)C. The molecule has 0 amide bonds. The Morgan fingerprint density at radius 2 is 1.89 bits per heavy atom. The average Bonchev–Trinajstić information content (AvgIpc) is 3.05. The third-order valence-corrected chi connectivity index (χ3v) is 4.41. The molecule has 0 bridgehead atoms. The maximum atomic E-state index is 12.3. The average molecular weight is 401 g/mol. The first kappa shape index (κ1) is 21.8. The Labute approximate surface area is 165 Å². The number of morpholine rings is 1. The third kappa shape index (κ3) is 7.23. The predicted molar refractivity (Wildman–Crippen MR) is 106 cm³/mol. The first-order chi connectivity index (χ1) is 12.6. The number of nitrogens with zero attached hydrogens (tertiary/aromatic N) is 3. The number of rotatable bonds is 7. The molecule has 0 saturated carbocycles. The van der Waals surface area contributed by atoms with Gasteiger partial charge in [-0.1, -0.05) is 0 Å². The molecular formula is C18H32N4O4S. The van der Waals surface area contributed by atoms with Crippen molar-refractivity contribution in [1.29, 1.82) is 0 Å². The monoisotopic (exact) mass is 400 g/mol. The van der Waals surface area contributed by atoms with Crippen molar-refractivity contribution in [2.45, 2.75) is 53.2 Å². The second-order valence-electron chi connectivity index (χ2n) is 8.71. The second kappa shape index (κ2) is 9.16. The maximum absolute atomic E-state index is 12.3. The quantitative estimate of drug-likeness (QED) is 0.697. The van der Waals surface area contributed by atoms with Gasteiger partial charge in [-0.05, 0) is 41.5 Å². The van der Waals surface area contributed by atoms with E-state index in [0.717, 1.165) is 30.6 Å². The van der Waals surface area contributed by atoms with Gasteiger partial charge in [0.1, 0.15) is 12.7 Å². The molecule has 1 N–H and O–H groups in total. The zero-order valence-electron chi connectivity index (χ0n) is 17.2. The van der Waals surface area contributed by atoms with E-state index < -0.39 is 11.5 Å². The fourth-order valence-corrected chi connectivity index (χ4v) is 2.81. The molecule has 1 saturated heterocycles. The summed E-state index contributed by atoms with van der Waals surface area (Å²) < 4.78 is 25.6. The minimum Gasteiger partial charge on any atom is -0.470 e. The Morgan fingerprint density at radius 1 is 1.22 bits per heavy atom. The van der Waals surface area contributed by atoms with E-state index in [4.69, 9.17) is 14.2 Å². The Morgan fingerprint density at radius 3 is 2.48 bits per heavy atom. The van der Waals surface area contributed by atoms with E-state index in [-0.39, 0.29) is 18.1 Å². The largest absolute Gasteiger partial charge is 0.470 e. The van der Waals surface area contributed by atoms with E-state index in [2.05, 4.69) is 39.7 Å². The van der Waals surface area contributed by atoms with Crippen LogP contribution < -0.4 is 15.0 Å². The van der Waals surface area contributed by atoms with Gasteiger partial charge in [-0.25, -0.2) is 0 Å². The zero-order chi connectivity index (χ0) is 20.1. The molecule has 1 aliphatic heterocycles. The fourth-order valence-electron chi connectivity index (χ4n) is 2.29. The molecule has 0 aromatic carbocycles. The van der Waals surface area contributed by atoms with E-state index in [1.807, 2.05) is 20.8 Å². The lowest BCUT2D eigenvalue weighted by molar-refractivity contribution is -0.160. The highest BCUT2D eigenvalue weighted by Gasteiger charge is 2.28. The Bertz CT molecular complexity index is 603. The number of carbonyl (C=O) groups excluding carboxylic acids is 1. The van der Waals surface area contributed by atoms with Crippen molar-refractivity contribution in [1.82, 2.24) is 14.1 Å². The molecule has 154 valence electrons. The molecule has 0 spiro atoms. The van der Waals surface area contributed by atoms with Gasteiger partial charge < -0.3 is 24.4 Å². The van der Waals surface area contributed by atoms with Crippen molar-refractivity contribution in [3.05, 3.63) is 0 Å². The van der Waals surface area contributed by atoms with Gasteiger partial charge in [0.25, 0.3) is 5.88 Å². The molecule has 9 heteroatoms. The molecule has 8 nitrogen and oxygen atoms in total. The molecule has 1 atom stereocenters. The van der Waals surface area contributed by atoms with Crippen molar-refractivity contribution in [2.24, 2.45) is 5.41 Å². The van der Waals surface area contributed by atoms with E-state index in [1.165, 1.54) is 0 Å². The maximum Gasteiger partial charge on any atom is 0.311 e. The molecular weight excluding hydrogens is 368 g/mol. The van der Waals surface area contributed by atoms with Gasteiger partial charge in [-0.15, -0.1) is 4.37 Å². The number of hydrogen-bond acceptors (Lipinski definition) is 9. The van der Waals surface area contributed by atoms with Crippen LogP contribution in [0.25, 0.3) is 0 Å². The van der Waals surface area contributed by atoms with Crippen LogP contribution in [0.1, 0.15) is 41.5 Å². The van der Waals surface area contributed by atoms with Gasteiger partial charge in [0, 0.05) is 25.2 Å². The lowest BCUT2D eigenvalue weighted by atomic mass is 9.97. The number of anilines is 1. The summed E-state index contributed by atoms with van der Waals surface area (Å²) in [6.07, 6.45) is -0.421. The lowest BCUT2D eigenvalue weighted by Crippen LogP contribution is -2.45. The summed E-state index contributed by atoms with van der Waals surface area (Å²) in [6.45, 7) is 15.3. The summed E-state index contributed by atoms with van der Waals surface area (Å²) in [7, 11) is 0. The zero-order valence-corrected chi connectivity index (χ0v) is 18.0. The van der Waals surface area contributed by atoms with Gasteiger partial charge in [-0.3, -0.25) is 4.79 Å². The molecule has 1 unspecified atom stereocenters. The van der Waals surface area contributed by atoms with Crippen LogP contribution in [-0.2, 0) is 14.3 Å². The summed E-state index contributed by atoms with van der Waals surface area (Å²) >= 11 is 1.12. The molecule has 27 heavy (non-hydrogen) atoms. The molecule has 1 aliphatic rings. The Balaban J connectivity index is 2.00. The highest BCUT2D eigenvalue weighted by atomic mass is 32.1. The molecule has 1 aromatic heterocycles. The van der Waals surface area contributed by atoms with Crippen LogP contribution in [0, 0.1) is 5.41 Å². The smallest absolute Gasteiger partial charge is 0.311 e. The molecule has 2 rings (SSSR count). The van der Waals surface area contributed by atoms with Crippen LogP contribution in [0.3, 0.4) is 0 Å². The third-order valence-electron chi connectivity index (χ3n) is 3.91. The van der Waals surface area contributed by atoms with Gasteiger partial charge in [-0.2, -0.15) is 4.37 Å². The number of nitrogens with one attached hydrogen (secondary N) is 1. The van der Waals surface area contributed by atoms with Gasteiger partial charge in [0.2, 0.25) is 5.82 Å². The first-order valence-corrected chi connectivity index (χ1v) is 10.0. The molecule has 0 aliphatic carbocycles. The van der Waals surface area contributed by atoms with Crippen LogP contribution in [0.2, 0.25) is 0 Å². The second-order valence-corrected chi connectivity index (χ2v) is 9.24. The Kier molecular flexibility index (Phi) is 7.41. The van der Waals surface area contributed by atoms with Crippen molar-refractivity contribution < 1.29 is 19.0 Å². The Hall–Kier alpha value is -1.45. The van der Waals surface area contributed by atoms with Crippen molar-refractivity contribution in [3.8, 4) is 5.88 Å². The number of carbonyl (C=O) groups is 1. The van der Waals surface area contributed by atoms with Crippen molar-refractivity contribution in [3.63, 3.8) is 0 Å². The van der Waals surface area contributed by atoms with Gasteiger partial charge >= 0.3 is 5.97 Å².